The first kappa shape index (κ1) is 13.7. The van der Waals surface area contributed by atoms with Crippen molar-refractivity contribution in [3.8, 4) is 0 Å². The molecule has 4 heteroatoms. The summed E-state index contributed by atoms with van der Waals surface area (Å²) >= 11 is 0. The van der Waals surface area contributed by atoms with Crippen molar-refractivity contribution in [1.82, 2.24) is 5.32 Å². The predicted octanol–water partition coefficient (Wildman–Crippen LogP) is 2.36. The van der Waals surface area contributed by atoms with E-state index in [4.69, 9.17) is 0 Å². The number of aliphatic imine (C=N–C) groups is 1. The number of nitrogens with one attached hydrogen (secondary N) is 2. The Bertz CT molecular complexity index is 530. The van der Waals surface area contributed by atoms with E-state index in [9.17, 15) is 0 Å². The van der Waals surface area contributed by atoms with E-state index < -0.39 is 0 Å². The van der Waals surface area contributed by atoms with Crippen LogP contribution in [0.3, 0.4) is 0 Å². The molecule has 0 amide bonds. The SMILES string of the molecule is Cc1c(C)c(NC2=NCCN2)c(C)c(N(C)C)c1C. The van der Waals surface area contributed by atoms with Gasteiger partial charge in [-0.15, -0.1) is 0 Å². The Labute approximate surface area is 115 Å². The van der Waals surface area contributed by atoms with E-state index in [0.29, 0.717) is 0 Å². The van der Waals surface area contributed by atoms with Gasteiger partial charge < -0.3 is 15.5 Å². The lowest BCUT2D eigenvalue weighted by Crippen LogP contribution is -2.27. The van der Waals surface area contributed by atoms with E-state index in [1.807, 2.05) is 0 Å². The number of rotatable bonds is 2. The highest BCUT2D eigenvalue weighted by Crippen LogP contribution is 2.35. The molecule has 1 aliphatic rings. The summed E-state index contributed by atoms with van der Waals surface area (Å²) in [6, 6.07) is 0. The second kappa shape index (κ2) is 5.11. The molecule has 0 bridgehead atoms. The van der Waals surface area contributed by atoms with Crippen LogP contribution in [-0.2, 0) is 0 Å². The summed E-state index contributed by atoms with van der Waals surface area (Å²) < 4.78 is 0. The highest BCUT2D eigenvalue weighted by atomic mass is 15.2. The summed E-state index contributed by atoms with van der Waals surface area (Å²) in [4.78, 5) is 6.61. The Balaban J connectivity index is 2.53. The van der Waals surface area contributed by atoms with Crippen molar-refractivity contribution in [3.63, 3.8) is 0 Å². The minimum absolute atomic E-state index is 0.853. The lowest BCUT2D eigenvalue weighted by atomic mass is 9.95. The van der Waals surface area contributed by atoms with Crippen LogP contribution in [0.1, 0.15) is 22.3 Å². The van der Waals surface area contributed by atoms with E-state index >= 15 is 0 Å². The molecule has 0 atom stereocenters. The van der Waals surface area contributed by atoms with E-state index in [2.05, 4.69) is 62.3 Å². The minimum atomic E-state index is 0.853. The second-order valence-corrected chi connectivity index (χ2v) is 5.40. The van der Waals surface area contributed by atoms with E-state index in [1.165, 1.54) is 33.6 Å². The topological polar surface area (TPSA) is 39.7 Å². The van der Waals surface area contributed by atoms with Crippen LogP contribution in [0, 0.1) is 27.7 Å². The smallest absolute Gasteiger partial charge is 0.195 e. The molecule has 104 valence electrons. The van der Waals surface area contributed by atoms with E-state index in [-0.39, 0.29) is 0 Å². The fraction of sp³-hybridized carbons (Fsp3) is 0.533. The molecule has 0 radical (unpaired) electrons. The van der Waals surface area contributed by atoms with Crippen molar-refractivity contribution in [1.29, 1.82) is 0 Å². The van der Waals surface area contributed by atoms with Crippen molar-refractivity contribution in [2.45, 2.75) is 27.7 Å². The van der Waals surface area contributed by atoms with Crippen molar-refractivity contribution >= 4 is 17.3 Å². The van der Waals surface area contributed by atoms with Crippen molar-refractivity contribution in [3.05, 3.63) is 22.3 Å². The third-order valence-electron chi connectivity index (χ3n) is 3.95. The van der Waals surface area contributed by atoms with Gasteiger partial charge in [0.1, 0.15) is 0 Å². The van der Waals surface area contributed by atoms with Gasteiger partial charge >= 0.3 is 0 Å². The summed E-state index contributed by atoms with van der Waals surface area (Å²) in [7, 11) is 4.19. The van der Waals surface area contributed by atoms with Gasteiger partial charge in [-0.25, -0.2) is 0 Å². The van der Waals surface area contributed by atoms with Gasteiger partial charge in [0.05, 0.1) is 6.54 Å². The Hall–Kier alpha value is -1.71. The molecule has 4 nitrogen and oxygen atoms in total. The fourth-order valence-corrected chi connectivity index (χ4v) is 2.79. The minimum Gasteiger partial charge on any atom is -0.377 e. The van der Waals surface area contributed by atoms with Crippen LogP contribution < -0.4 is 15.5 Å². The molecule has 1 aromatic carbocycles. The quantitative estimate of drug-likeness (QED) is 0.857. The average molecular weight is 260 g/mol. The van der Waals surface area contributed by atoms with Gasteiger partial charge in [-0.2, -0.15) is 0 Å². The monoisotopic (exact) mass is 260 g/mol. The van der Waals surface area contributed by atoms with Crippen LogP contribution in [0.4, 0.5) is 11.4 Å². The number of hydrogen-bond donors (Lipinski definition) is 2. The van der Waals surface area contributed by atoms with Gasteiger partial charge in [0, 0.05) is 32.0 Å². The maximum Gasteiger partial charge on any atom is 0.195 e. The number of hydrogen-bond acceptors (Lipinski definition) is 4. The number of anilines is 2. The number of guanidine groups is 1. The molecule has 19 heavy (non-hydrogen) atoms. The molecule has 0 aromatic heterocycles. The van der Waals surface area contributed by atoms with Crippen molar-refractivity contribution in [2.24, 2.45) is 4.99 Å². The molecule has 0 spiro atoms. The Morgan fingerprint density at radius 1 is 1.00 bits per heavy atom. The molecular formula is C15H24N4. The van der Waals surface area contributed by atoms with Crippen molar-refractivity contribution in [2.75, 3.05) is 37.4 Å². The molecule has 1 aliphatic heterocycles. The molecule has 0 unspecified atom stereocenters. The number of nitrogens with zero attached hydrogens (tertiary/aromatic N) is 2. The standard InChI is InChI=1S/C15H24N4/c1-9-10(2)13(18-15-16-7-8-17-15)12(4)14(11(9)3)19(5)6/h7-8H2,1-6H3,(H2,16,17,18). The Morgan fingerprint density at radius 2 is 1.68 bits per heavy atom. The van der Waals surface area contributed by atoms with E-state index in [1.54, 1.807) is 0 Å². The lowest BCUT2D eigenvalue weighted by molar-refractivity contribution is 0.958. The molecule has 1 heterocycles. The van der Waals surface area contributed by atoms with Gasteiger partial charge in [0.2, 0.25) is 0 Å². The van der Waals surface area contributed by atoms with Gasteiger partial charge in [0.25, 0.3) is 0 Å². The van der Waals surface area contributed by atoms with Gasteiger partial charge in [0.15, 0.2) is 5.96 Å². The first-order valence-corrected chi connectivity index (χ1v) is 6.76. The third-order valence-corrected chi connectivity index (χ3v) is 3.95. The van der Waals surface area contributed by atoms with Crippen LogP contribution in [0.2, 0.25) is 0 Å². The second-order valence-electron chi connectivity index (χ2n) is 5.40. The summed E-state index contributed by atoms with van der Waals surface area (Å²) in [5, 5.41) is 6.72. The molecular weight excluding hydrogens is 236 g/mol. The zero-order valence-corrected chi connectivity index (χ0v) is 12.8. The third kappa shape index (κ3) is 2.39. The Kier molecular flexibility index (Phi) is 3.69. The van der Waals surface area contributed by atoms with E-state index in [0.717, 1.165) is 19.0 Å². The maximum absolute atomic E-state index is 4.42. The summed E-state index contributed by atoms with van der Waals surface area (Å²) in [6.07, 6.45) is 0. The molecule has 0 aliphatic carbocycles. The summed E-state index contributed by atoms with van der Waals surface area (Å²) in [5.74, 6) is 0.888. The van der Waals surface area contributed by atoms with Crippen LogP contribution in [0.25, 0.3) is 0 Å². The van der Waals surface area contributed by atoms with Crippen LogP contribution in [0.15, 0.2) is 4.99 Å². The first-order valence-electron chi connectivity index (χ1n) is 6.76. The molecule has 1 aromatic rings. The lowest BCUT2D eigenvalue weighted by Gasteiger charge is -2.25. The van der Waals surface area contributed by atoms with Gasteiger partial charge in [-0.3, -0.25) is 4.99 Å². The van der Waals surface area contributed by atoms with Crippen molar-refractivity contribution < 1.29 is 0 Å². The maximum atomic E-state index is 4.42. The molecule has 2 N–H and O–H groups in total. The summed E-state index contributed by atoms with van der Waals surface area (Å²) in [6.45, 7) is 10.5. The average Bonchev–Trinajstić information content (AvgIpc) is 2.84. The highest BCUT2D eigenvalue weighted by Gasteiger charge is 2.17. The molecule has 2 rings (SSSR count). The van der Waals surface area contributed by atoms with Crippen LogP contribution >= 0.6 is 0 Å². The molecule has 0 fully saturated rings. The number of benzene rings is 1. The van der Waals surface area contributed by atoms with Crippen LogP contribution in [-0.4, -0.2) is 33.1 Å². The predicted molar refractivity (Wildman–Crippen MR) is 83.6 cm³/mol. The van der Waals surface area contributed by atoms with Crippen LogP contribution in [0.5, 0.6) is 0 Å². The zero-order chi connectivity index (χ0) is 14.2. The summed E-state index contributed by atoms with van der Waals surface area (Å²) in [5.41, 5.74) is 7.76. The molecule has 0 saturated carbocycles. The zero-order valence-electron chi connectivity index (χ0n) is 12.8. The largest absolute Gasteiger partial charge is 0.377 e. The highest BCUT2D eigenvalue weighted by molar-refractivity contribution is 5.97. The Morgan fingerprint density at radius 3 is 2.21 bits per heavy atom. The van der Waals surface area contributed by atoms with Gasteiger partial charge in [-0.05, 0) is 49.9 Å². The molecule has 0 saturated heterocycles. The van der Waals surface area contributed by atoms with Gasteiger partial charge in [-0.1, -0.05) is 0 Å². The fourth-order valence-electron chi connectivity index (χ4n) is 2.79. The normalized spacial score (nSPS) is 14.1. The first-order chi connectivity index (χ1) is 8.93.